The molecule has 0 amide bonds. The summed E-state index contributed by atoms with van der Waals surface area (Å²) in [6.07, 6.45) is -0.160. The van der Waals surface area contributed by atoms with E-state index < -0.39 is 5.41 Å². The molecule has 1 fully saturated rings. The molecule has 0 saturated carbocycles. The first kappa shape index (κ1) is 10.5. The van der Waals surface area contributed by atoms with Crippen molar-refractivity contribution in [3.63, 3.8) is 0 Å². The second kappa shape index (κ2) is 3.64. The molecule has 0 aromatic heterocycles. The van der Waals surface area contributed by atoms with Gasteiger partial charge in [-0.25, -0.2) is 0 Å². The highest BCUT2D eigenvalue weighted by atomic mass is 16.5. The molecule has 2 unspecified atom stereocenters. The Morgan fingerprint density at radius 1 is 1.46 bits per heavy atom. The van der Waals surface area contributed by atoms with Crippen LogP contribution in [0.1, 0.15) is 20.8 Å². The van der Waals surface area contributed by atoms with E-state index in [0.717, 1.165) is 6.54 Å². The fraction of sp³-hybridized carbons (Fsp3) is 0.889. The van der Waals surface area contributed by atoms with Gasteiger partial charge < -0.3 is 15.8 Å². The molecule has 1 heterocycles. The van der Waals surface area contributed by atoms with Gasteiger partial charge in [0.2, 0.25) is 0 Å². The summed E-state index contributed by atoms with van der Waals surface area (Å²) in [5.41, 5.74) is 5.29. The lowest BCUT2D eigenvalue weighted by Gasteiger charge is -2.22. The van der Waals surface area contributed by atoms with Crippen LogP contribution in [0.25, 0.3) is 0 Å². The van der Waals surface area contributed by atoms with Crippen molar-refractivity contribution in [3.8, 4) is 0 Å². The average Bonchev–Trinajstić information content (AvgIpc) is 2.34. The third-order valence-corrected chi connectivity index (χ3v) is 2.07. The number of carbonyl (C=O) groups excluding carboxylic acids is 1. The number of nitrogens with two attached hydrogens (primary N) is 1. The quantitative estimate of drug-likeness (QED) is 0.560. The Labute approximate surface area is 78.8 Å². The summed E-state index contributed by atoms with van der Waals surface area (Å²) in [7, 11) is 0. The molecule has 0 aliphatic carbocycles. The van der Waals surface area contributed by atoms with Gasteiger partial charge >= 0.3 is 5.97 Å². The largest absolute Gasteiger partial charge is 0.459 e. The van der Waals surface area contributed by atoms with Crippen LogP contribution in [0.15, 0.2) is 0 Å². The molecule has 0 bridgehead atoms. The Morgan fingerprint density at radius 3 is 2.46 bits per heavy atom. The van der Waals surface area contributed by atoms with Gasteiger partial charge in [0, 0.05) is 13.1 Å². The van der Waals surface area contributed by atoms with Crippen molar-refractivity contribution in [2.45, 2.75) is 32.9 Å². The van der Waals surface area contributed by atoms with Crippen molar-refractivity contribution >= 4 is 5.97 Å². The van der Waals surface area contributed by atoms with Crippen molar-refractivity contribution in [1.29, 1.82) is 0 Å². The van der Waals surface area contributed by atoms with E-state index in [-0.39, 0.29) is 18.1 Å². The number of hydrogen-bond acceptors (Lipinski definition) is 4. The molecule has 1 rings (SSSR count). The van der Waals surface area contributed by atoms with Gasteiger partial charge in [0.15, 0.2) is 0 Å². The number of hydrogen-bond donors (Lipinski definition) is 2. The van der Waals surface area contributed by atoms with Gasteiger partial charge in [-0.05, 0) is 20.8 Å². The summed E-state index contributed by atoms with van der Waals surface area (Å²) in [5.74, 6) is -0.184. The first-order valence-electron chi connectivity index (χ1n) is 4.58. The van der Waals surface area contributed by atoms with Crippen molar-refractivity contribution in [2.24, 2.45) is 11.1 Å². The summed E-state index contributed by atoms with van der Waals surface area (Å²) in [6.45, 7) is 6.90. The van der Waals surface area contributed by atoms with Gasteiger partial charge in [0.05, 0.1) is 11.5 Å². The summed E-state index contributed by atoms with van der Waals surface area (Å²) >= 11 is 0. The van der Waals surface area contributed by atoms with Gasteiger partial charge in [-0.15, -0.1) is 0 Å². The van der Waals surface area contributed by atoms with Crippen LogP contribution in [-0.4, -0.2) is 31.2 Å². The third kappa shape index (κ3) is 2.67. The van der Waals surface area contributed by atoms with E-state index in [1.807, 2.05) is 20.8 Å². The molecule has 1 saturated heterocycles. The van der Waals surface area contributed by atoms with E-state index >= 15 is 0 Å². The van der Waals surface area contributed by atoms with E-state index in [1.54, 1.807) is 0 Å². The van der Waals surface area contributed by atoms with E-state index in [0.29, 0.717) is 6.54 Å². The molecule has 76 valence electrons. The molecule has 3 N–H and O–H groups in total. The Hall–Kier alpha value is -0.610. The number of carbonyl (C=O) groups is 1. The van der Waals surface area contributed by atoms with Crippen molar-refractivity contribution < 1.29 is 9.53 Å². The maximum Gasteiger partial charge on any atom is 0.311 e. The van der Waals surface area contributed by atoms with Crippen LogP contribution < -0.4 is 11.1 Å². The highest BCUT2D eigenvalue weighted by Gasteiger charge is 2.31. The van der Waals surface area contributed by atoms with Gasteiger partial charge in [-0.3, -0.25) is 4.79 Å². The molecule has 1 aliphatic rings. The molecular weight excluding hydrogens is 168 g/mol. The molecule has 4 heteroatoms. The zero-order chi connectivity index (χ0) is 10.1. The van der Waals surface area contributed by atoms with Crippen molar-refractivity contribution in [2.75, 3.05) is 13.1 Å². The SMILES string of the molecule is CC(C)(C)C(=O)OC1CNCC1N. The van der Waals surface area contributed by atoms with E-state index in [4.69, 9.17) is 10.5 Å². The first-order chi connectivity index (χ1) is 5.91. The van der Waals surface area contributed by atoms with E-state index in [9.17, 15) is 4.79 Å². The Balaban J connectivity index is 2.45. The third-order valence-electron chi connectivity index (χ3n) is 2.07. The lowest BCUT2D eigenvalue weighted by atomic mass is 9.97. The predicted octanol–water partition coefficient (Wildman–Crippen LogP) is -0.125. The zero-order valence-corrected chi connectivity index (χ0v) is 8.46. The number of rotatable bonds is 1. The normalized spacial score (nSPS) is 28.9. The van der Waals surface area contributed by atoms with Crippen LogP contribution >= 0.6 is 0 Å². The standard InChI is InChI=1S/C9H18N2O2/c1-9(2,3)8(12)13-7-5-11-4-6(7)10/h6-7,11H,4-5,10H2,1-3H3. The van der Waals surface area contributed by atoms with Gasteiger partial charge in [0.25, 0.3) is 0 Å². The molecule has 0 spiro atoms. The van der Waals surface area contributed by atoms with Crippen molar-refractivity contribution in [1.82, 2.24) is 5.32 Å². The Bertz CT molecular complexity index is 198. The van der Waals surface area contributed by atoms with Crippen LogP contribution in [-0.2, 0) is 9.53 Å². The summed E-state index contributed by atoms with van der Waals surface area (Å²) < 4.78 is 5.26. The number of ether oxygens (including phenoxy) is 1. The van der Waals surface area contributed by atoms with Gasteiger partial charge in [-0.2, -0.15) is 0 Å². The lowest BCUT2D eigenvalue weighted by molar-refractivity contribution is -0.158. The maximum atomic E-state index is 11.5. The minimum atomic E-state index is -0.442. The van der Waals surface area contributed by atoms with Crippen LogP contribution in [0.3, 0.4) is 0 Å². The highest BCUT2D eigenvalue weighted by Crippen LogP contribution is 2.17. The molecule has 13 heavy (non-hydrogen) atoms. The smallest absolute Gasteiger partial charge is 0.311 e. The average molecular weight is 186 g/mol. The second-order valence-electron chi connectivity index (χ2n) is 4.52. The van der Waals surface area contributed by atoms with E-state index in [2.05, 4.69) is 5.32 Å². The second-order valence-corrected chi connectivity index (χ2v) is 4.52. The topological polar surface area (TPSA) is 64.3 Å². The molecule has 0 aromatic rings. The van der Waals surface area contributed by atoms with Gasteiger partial charge in [-0.1, -0.05) is 0 Å². The number of nitrogens with one attached hydrogen (secondary N) is 1. The number of esters is 1. The predicted molar refractivity (Wildman–Crippen MR) is 50.2 cm³/mol. The molecule has 0 aromatic carbocycles. The summed E-state index contributed by atoms with van der Waals surface area (Å²) in [6, 6.07) is -0.0636. The van der Waals surface area contributed by atoms with Crippen LogP contribution in [0.5, 0.6) is 0 Å². The van der Waals surface area contributed by atoms with Crippen molar-refractivity contribution in [3.05, 3.63) is 0 Å². The van der Waals surface area contributed by atoms with Crippen LogP contribution in [0.4, 0.5) is 0 Å². The first-order valence-corrected chi connectivity index (χ1v) is 4.58. The monoisotopic (exact) mass is 186 g/mol. The Morgan fingerprint density at radius 2 is 2.08 bits per heavy atom. The molecule has 2 atom stereocenters. The maximum absolute atomic E-state index is 11.5. The zero-order valence-electron chi connectivity index (χ0n) is 8.46. The fourth-order valence-electron chi connectivity index (χ4n) is 1.12. The summed E-state index contributed by atoms with van der Waals surface area (Å²) in [5, 5.41) is 3.08. The van der Waals surface area contributed by atoms with Gasteiger partial charge in [0.1, 0.15) is 6.10 Å². The Kier molecular flexibility index (Phi) is 2.93. The lowest BCUT2D eigenvalue weighted by Crippen LogP contribution is -2.39. The molecular formula is C9H18N2O2. The van der Waals surface area contributed by atoms with Crippen LogP contribution in [0.2, 0.25) is 0 Å². The fourth-order valence-corrected chi connectivity index (χ4v) is 1.12. The molecule has 4 nitrogen and oxygen atoms in total. The molecule has 0 radical (unpaired) electrons. The molecule has 1 aliphatic heterocycles. The minimum absolute atomic E-state index is 0.0636. The van der Waals surface area contributed by atoms with E-state index in [1.165, 1.54) is 0 Å². The highest BCUT2D eigenvalue weighted by molar-refractivity contribution is 5.75. The minimum Gasteiger partial charge on any atom is -0.459 e. The van der Waals surface area contributed by atoms with Crippen LogP contribution in [0, 0.1) is 5.41 Å². The summed E-state index contributed by atoms with van der Waals surface area (Å²) in [4.78, 5) is 11.5.